The van der Waals surface area contributed by atoms with Gasteiger partial charge in [0.15, 0.2) is 0 Å². The van der Waals surface area contributed by atoms with E-state index in [2.05, 4.69) is 26.0 Å². The van der Waals surface area contributed by atoms with Crippen molar-refractivity contribution in [3.8, 4) is 11.5 Å². The van der Waals surface area contributed by atoms with Crippen LogP contribution in [0.25, 0.3) is 0 Å². The molecule has 1 heterocycles. The number of fused-ring (bicyclic) bond motifs is 1. The first-order chi connectivity index (χ1) is 10.1. The summed E-state index contributed by atoms with van der Waals surface area (Å²) in [5, 5.41) is 10.4. The molecule has 1 aliphatic heterocycles. The third-order valence-electron chi connectivity index (χ3n) is 4.28. The van der Waals surface area contributed by atoms with Gasteiger partial charge >= 0.3 is 0 Å². The van der Waals surface area contributed by atoms with Gasteiger partial charge in [0.05, 0.1) is 13.2 Å². The summed E-state index contributed by atoms with van der Waals surface area (Å²) in [5.74, 6) is 1.45. The van der Waals surface area contributed by atoms with Crippen LogP contribution in [-0.2, 0) is 0 Å². The van der Waals surface area contributed by atoms with Crippen LogP contribution in [0.1, 0.15) is 40.9 Å². The Morgan fingerprint density at radius 3 is 2.71 bits per heavy atom. The Morgan fingerprint density at radius 2 is 1.95 bits per heavy atom. The molecule has 1 N–H and O–H groups in total. The van der Waals surface area contributed by atoms with Crippen LogP contribution in [0.15, 0.2) is 36.4 Å². The van der Waals surface area contributed by atoms with Gasteiger partial charge in [-0.05, 0) is 42.7 Å². The topological polar surface area (TPSA) is 38.7 Å². The Hall–Kier alpha value is -2.00. The van der Waals surface area contributed by atoms with Crippen molar-refractivity contribution in [2.24, 2.45) is 0 Å². The van der Waals surface area contributed by atoms with Gasteiger partial charge in [0, 0.05) is 18.1 Å². The number of aryl methyl sites for hydroxylation is 1. The smallest absolute Gasteiger partial charge is 0.129 e. The molecule has 3 heteroatoms. The highest BCUT2D eigenvalue weighted by Crippen LogP contribution is 2.43. The maximum absolute atomic E-state index is 10.4. The lowest BCUT2D eigenvalue weighted by atomic mass is 9.91. The van der Waals surface area contributed by atoms with Gasteiger partial charge in [-0.15, -0.1) is 0 Å². The first-order valence-corrected chi connectivity index (χ1v) is 7.19. The summed E-state index contributed by atoms with van der Waals surface area (Å²) < 4.78 is 11.4. The molecule has 0 aliphatic carbocycles. The second-order valence-electron chi connectivity index (χ2n) is 5.55. The number of hydrogen-bond acceptors (Lipinski definition) is 3. The predicted octanol–water partition coefficient (Wildman–Crippen LogP) is 3.87. The van der Waals surface area contributed by atoms with E-state index < -0.39 is 6.10 Å². The van der Waals surface area contributed by atoms with Gasteiger partial charge in [0.25, 0.3) is 0 Å². The van der Waals surface area contributed by atoms with E-state index in [4.69, 9.17) is 9.47 Å². The van der Waals surface area contributed by atoms with E-state index >= 15 is 0 Å². The van der Waals surface area contributed by atoms with Gasteiger partial charge in [-0.25, -0.2) is 0 Å². The minimum atomic E-state index is -0.510. The second-order valence-corrected chi connectivity index (χ2v) is 5.55. The second kappa shape index (κ2) is 5.41. The zero-order valence-corrected chi connectivity index (χ0v) is 12.6. The summed E-state index contributed by atoms with van der Waals surface area (Å²) in [4.78, 5) is 0. The molecule has 21 heavy (non-hydrogen) atoms. The summed E-state index contributed by atoms with van der Waals surface area (Å²) in [7, 11) is 1.63. The summed E-state index contributed by atoms with van der Waals surface area (Å²) in [5.41, 5.74) is 4.43. The molecule has 1 unspecified atom stereocenters. The van der Waals surface area contributed by atoms with E-state index in [1.807, 2.05) is 24.3 Å². The van der Waals surface area contributed by atoms with E-state index in [0.29, 0.717) is 12.2 Å². The Bertz CT molecular complexity index is 664. The average Bonchev–Trinajstić information content (AvgIpc) is 2.49. The van der Waals surface area contributed by atoms with Gasteiger partial charge in [-0.2, -0.15) is 0 Å². The van der Waals surface area contributed by atoms with Crippen molar-refractivity contribution in [2.45, 2.75) is 32.5 Å². The molecule has 0 bridgehead atoms. The zero-order chi connectivity index (χ0) is 15.0. The molecule has 0 radical (unpaired) electrons. The molecule has 0 spiro atoms. The van der Waals surface area contributed by atoms with Crippen LogP contribution in [0.3, 0.4) is 0 Å². The number of rotatable bonds is 2. The number of benzene rings is 2. The van der Waals surface area contributed by atoms with E-state index in [-0.39, 0.29) is 6.10 Å². The largest absolute Gasteiger partial charge is 0.497 e. The fraction of sp³-hybridized carbons (Fsp3) is 0.333. The van der Waals surface area contributed by atoms with Crippen molar-refractivity contribution in [2.75, 3.05) is 7.11 Å². The molecule has 2 aromatic rings. The van der Waals surface area contributed by atoms with Crippen LogP contribution in [-0.4, -0.2) is 12.2 Å². The van der Waals surface area contributed by atoms with Gasteiger partial charge in [-0.1, -0.05) is 18.2 Å². The molecular formula is C18H20O3. The highest BCUT2D eigenvalue weighted by atomic mass is 16.5. The van der Waals surface area contributed by atoms with Gasteiger partial charge < -0.3 is 14.6 Å². The molecule has 1 aliphatic rings. The highest BCUT2D eigenvalue weighted by Gasteiger charge is 2.29. The summed E-state index contributed by atoms with van der Waals surface area (Å²) in [6, 6.07) is 11.8. The number of methoxy groups -OCH3 is 1. The van der Waals surface area contributed by atoms with Gasteiger partial charge in [0.2, 0.25) is 0 Å². The first-order valence-electron chi connectivity index (χ1n) is 7.19. The minimum Gasteiger partial charge on any atom is -0.497 e. The zero-order valence-electron chi connectivity index (χ0n) is 12.6. The van der Waals surface area contributed by atoms with Crippen LogP contribution in [0.4, 0.5) is 0 Å². The molecule has 0 fully saturated rings. The SMILES string of the molecule is COc1ccc2c(c1)OC(c1cccc(C)c1C)C[C@H]2O. The quantitative estimate of drug-likeness (QED) is 0.910. The molecule has 3 rings (SSSR count). The van der Waals surface area contributed by atoms with Crippen molar-refractivity contribution in [1.82, 2.24) is 0 Å². The lowest BCUT2D eigenvalue weighted by Crippen LogP contribution is -2.20. The average molecular weight is 284 g/mol. The van der Waals surface area contributed by atoms with E-state index in [0.717, 1.165) is 16.9 Å². The van der Waals surface area contributed by atoms with Crippen molar-refractivity contribution >= 4 is 0 Å². The predicted molar refractivity (Wildman–Crippen MR) is 81.9 cm³/mol. The van der Waals surface area contributed by atoms with Crippen molar-refractivity contribution < 1.29 is 14.6 Å². The molecule has 3 nitrogen and oxygen atoms in total. The number of ether oxygens (including phenoxy) is 2. The molecule has 2 atom stereocenters. The Balaban J connectivity index is 1.99. The van der Waals surface area contributed by atoms with Crippen LogP contribution in [0.2, 0.25) is 0 Å². The van der Waals surface area contributed by atoms with Crippen LogP contribution < -0.4 is 9.47 Å². The monoisotopic (exact) mass is 284 g/mol. The number of hydrogen-bond donors (Lipinski definition) is 1. The normalized spacial score (nSPS) is 20.6. The Morgan fingerprint density at radius 1 is 1.14 bits per heavy atom. The molecule has 0 saturated carbocycles. The molecule has 2 aromatic carbocycles. The highest BCUT2D eigenvalue weighted by molar-refractivity contribution is 5.45. The van der Waals surface area contributed by atoms with E-state index in [1.165, 1.54) is 11.1 Å². The van der Waals surface area contributed by atoms with Crippen molar-refractivity contribution in [3.63, 3.8) is 0 Å². The van der Waals surface area contributed by atoms with Crippen LogP contribution in [0.5, 0.6) is 11.5 Å². The molecule has 0 amide bonds. The number of aliphatic hydroxyl groups is 1. The molecular weight excluding hydrogens is 264 g/mol. The maximum Gasteiger partial charge on any atom is 0.129 e. The van der Waals surface area contributed by atoms with Crippen LogP contribution in [0, 0.1) is 13.8 Å². The minimum absolute atomic E-state index is 0.125. The standard InChI is InChI=1S/C18H20O3/c1-11-5-4-6-14(12(11)2)18-10-16(19)15-8-7-13(20-3)9-17(15)21-18/h4-9,16,18-19H,10H2,1-3H3/t16-,18?/m1/s1. The van der Waals surface area contributed by atoms with Crippen molar-refractivity contribution in [1.29, 1.82) is 0 Å². The Labute approximate surface area is 125 Å². The molecule has 0 saturated heterocycles. The fourth-order valence-corrected chi connectivity index (χ4v) is 2.86. The van der Waals surface area contributed by atoms with E-state index in [1.54, 1.807) is 7.11 Å². The molecule has 0 aromatic heterocycles. The lowest BCUT2D eigenvalue weighted by molar-refractivity contribution is 0.0652. The summed E-state index contributed by atoms with van der Waals surface area (Å²) >= 11 is 0. The third-order valence-corrected chi connectivity index (χ3v) is 4.28. The van der Waals surface area contributed by atoms with Gasteiger partial charge in [0.1, 0.15) is 17.6 Å². The van der Waals surface area contributed by atoms with Crippen molar-refractivity contribution in [3.05, 3.63) is 58.7 Å². The Kier molecular flexibility index (Phi) is 3.60. The third kappa shape index (κ3) is 2.49. The molecule has 110 valence electrons. The maximum atomic E-state index is 10.4. The summed E-state index contributed by atoms with van der Waals surface area (Å²) in [6.45, 7) is 4.19. The fourth-order valence-electron chi connectivity index (χ4n) is 2.86. The van der Waals surface area contributed by atoms with Gasteiger partial charge in [-0.3, -0.25) is 0 Å². The van der Waals surface area contributed by atoms with E-state index in [9.17, 15) is 5.11 Å². The summed E-state index contributed by atoms with van der Waals surface area (Å²) in [6.07, 6.45) is -0.0621. The van der Waals surface area contributed by atoms with Crippen LogP contribution >= 0.6 is 0 Å². The lowest BCUT2D eigenvalue weighted by Gasteiger charge is -2.31. The number of aliphatic hydroxyl groups excluding tert-OH is 1. The first kappa shape index (κ1) is 14.0.